The van der Waals surface area contributed by atoms with Gasteiger partial charge in [-0.15, -0.1) is 0 Å². The van der Waals surface area contributed by atoms with Crippen LogP contribution in [0.15, 0.2) is 0 Å². The molecule has 14 heavy (non-hydrogen) atoms. The molecule has 0 aromatic rings. The Balaban J connectivity index is 1.76. The van der Waals surface area contributed by atoms with Crippen molar-refractivity contribution in [1.82, 2.24) is 4.90 Å². The summed E-state index contributed by atoms with van der Waals surface area (Å²) in [6, 6.07) is 0. The Kier molecular flexibility index (Phi) is 2.29. The van der Waals surface area contributed by atoms with E-state index in [-0.39, 0.29) is 5.72 Å². The van der Waals surface area contributed by atoms with Crippen LogP contribution in [0.2, 0.25) is 0 Å². The Hall–Kier alpha value is -0.0800. The number of nitrogens with zero attached hydrogens (tertiary/aromatic N) is 1. The van der Waals surface area contributed by atoms with Crippen LogP contribution in [0.4, 0.5) is 0 Å². The monoisotopic (exact) mass is 194 g/mol. The van der Waals surface area contributed by atoms with Crippen molar-refractivity contribution in [3.05, 3.63) is 5.92 Å². The van der Waals surface area contributed by atoms with Crippen molar-refractivity contribution in [1.29, 1.82) is 0 Å². The summed E-state index contributed by atoms with van der Waals surface area (Å²) in [7, 11) is 0. The summed E-state index contributed by atoms with van der Waals surface area (Å²) in [5, 5.41) is 0. The van der Waals surface area contributed by atoms with E-state index in [2.05, 4.69) is 4.90 Å². The van der Waals surface area contributed by atoms with Crippen LogP contribution in [0.25, 0.3) is 0 Å². The highest BCUT2D eigenvalue weighted by Gasteiger charge is 2.50. The minimum Gasteiger partial charge on any atom is -0.360 e. The van der Waals surface area contributed by atoms with Crippen LogP contribution in [-0.4, -0.2) is 30.3 Å². The maximum absolute atomic E-state index is 6.16. The third-order valence-corrected chi connectivity index (χ3v) is 4.13. The van der Waals surface area contributed by atoms with Crippen molar-refractivity contribution in [2.75, 3.05) is 19.7 Å². The highest BCUT2D eigenvalue weighted by Crippen LogP contribution is 2.48. The lowest BCUT2D eigenvalue weighted by Crippen LogP contribution is -2.62. The molecule has 2 aliphatic heterocycles. The molecular weight excluding hydrogens is 174 g/mol. The van der Waals surface area contributed by atoms with E-state index < -0.39 is 0 Å². The minimum absolute atomic E-state index is 0.120. The first kappa shape index (κ1) is 9.17. The zero-order valence-electron chi connectivity index (χ0n) is 8.93. The van der Waals surface area contributed by atoms with Crippen LogP contribution < -0.4 is 0 Å². The van der Waals surface area contributed by atoms with Crippen molar-refractivity contribution >= 4 is 0 Å². The third kappa shape index (κ3) is 1.24. The van der Waals surface area contributed by atoms with E-state index in [0.29, 0.717) is 0 Å². The molecule has 79 valence electrons. The Morgan fingerprint density at radius 2 is 1.86 bits per heavy atom. The predicted molar refractivity (Wildman–Crippen MR) is 55.8 cm³/mol. The van der Waals surface area contributed by atoms with Gasteiger partial charge in [-0.05, 0) is 38.5 Å². The van der Waals surface area contributed by atoms with Gasteiger partial charge in [-0.1, -0.05) is 6.42 Å². The van der Waals surface area contributed by atoms with Gasteiger partial charge in [0.1, 0.15) is 5.72 Å². The lowest BCUT2D eigenvalue weighted by Gasteiger charge is -2.56. The van der Waals surface area contributed by atoms with Crippen molar-refractivity contribution in [3.63, 3.8) is 0 Å². The molecule has 3 fully saturated rings. The maximum Gasteiger partial charge on any atom is 0.128 e. The van der Waals surface area contributed by atoms with Gasteiger partial charge in [0.05, 0.1) is 0 Å². The van der Waals surface area contributed by atoms with Crippen molar-refractivity contribution in [3.8, 4) is 0 Å². The van der Waals surface area contributed by atoms with Crippen molar-refractivity contribution in [2.24, 2.45) is 0 Å². The SMILES string of the molecule is C1CCC([C]2CCC2)(N2CCC2)OC1. The number of hydrogen-bond donors (Lipinski definition) is 0. The van der Waals surface area contributed by atoms with E-state index in [1.165, 1.54) is 58.0 Å². The van der Waals surface area contributed by atoms with E-state index in [4.69, 9.17) is 4.74 Å². The molecule has 3 aliphatic rings. The second-order valence-electron chi connectivity index (χ2n) is 4.89. The molecule has 2 heteroatoms. The molecule has 1 saturated carbocycles. The molecular formula is C12H20NO. The zero-order chi connectivity index (χ0) is 9.43. The standard InChI is InChI=1S/C12H20NO/c1-2-10-14-12(7-1,11-5-3-6-11)13-8-4-9-13/h1-10H2. The van der Waals surface area contributed by atoms with Crippen LogP contribution in [0.5, 0.6) is 0 Å². The molecule has 0 N–H and O–H groups in total. The molecule has 1 atom stereocenters. The summed E-state index contributed by atoms with van der Waals surface area (Å²) in [5.74, 6) is 1.71. The highest BCUT2D eigenvalue weighted by atomic mass is 16.5. The summed E-state index contributed by atoms with van der Waals surface area (Å²) in [5.41, 5.74) is 0.120. The van der Waals surface area contributed by atoms with Gasteiger partial charge in [-0.3, -0.25) is 4.90 Å². The highest BCUT2D eigenvalue weighted by molar-refractivity contribution is 5.16. The molecule has 2 nitrogen and oxygen atoms in total. The predicted octanol–water partition coefficient (Wildman–Crippen LogP) is 2.35. The molecule has 2 saturated heterocycles. The normalized spacial score (nSPS) is 40.3. The Labute approximate surface area is 86.6 Å². The van der Waals surface area contributed by atoms with Gasteiger partial charge in [-0.25, -0.2) is 0 Å². The summed E-state index contributed by atoms with van der Waals surface area (Å²) in [6.07, 6.45) is 9.32. The Morgan fingerprint density at radius 1 is 1.00 bits per heavy atom. The lowest BCUT2D eigenvalue weighted by molar-refractivity contribution is -0.197. The zero-order valence-corrected chi connectivity index (χ0v) is 8.93. The second-order valence-corrected chi connectivity index (χ2v) is 4.89. The van der Waals surface area contributed by atoms with E-state index >= 15 is 0 Å². The first-order valence-electron chi connectivity index (χ1n) is 6.16. The average Bonchev–Trinajstić information content (AvgIpc) is 1.98. The quantitative estimate of drug-likeness (QED) is 0.669. The first-order valence-corrected chi connectivity index (χ1v) is 6.16. The molecule has 3 rings (SSSR count). The van der Waals surface area contributed by atoms with Crippen LogP contribution >= 0.6 is 0 Å². The van der Waals surface area contributed by atoms with Gasteiger partial charge in [0, 0.05) is 25.6 Å². The summed E-state index contributed by atoms with van der Waals surface area (Å²) in [4.78, 5) is 2.58. The number of rotatable bonds is 2. The van der Waals surface area contributed by atoms with Crippen molar-refractivity contribution < 1.29 is 4.74 Å². The molecule has 1 unspecified atom stereocenters. The molecule has 0 amide bonds. The first-order chi connectivity index (χ1) is 6.92. The van der Waals surface area contributed by atoms with E-state index in [9.17, 15) is 0 Å². The van der Waals surface area contributed by atoms with Gasteiger partial charge < -0.3 is 4.74 Å². The molecule has 2 heterocycles. The van der Waals surface area contributed by atoms with Crippen molar-refractivity contribution in [2.45, 2.75) is 50.7 Å². The summed E-state index contributed by atoms with van der Waals surface area (Å²) < 4.78 is 6.16. The molecule has 1 aliphatic carbocycles. The molecule has 0 aromatic carbocycles. The van der Waals surface area contributed by atoms with E-state index in [0.717, 1.165) is 6.61 Å². The smallest absolute Gasteiger partial charge is 0.128 e. The van der Waals surface area contributed by atoms with Crippen LogP contribution in [-0.2, 0) is 4.74 Å². The maximum atomic E-state index is 6.16. The van der Waals surface area contributed by atoms with Gasteiger partial charge >= 0.3 is 0 Å². The van der Waals surface area contributed by atoms with Gasteiger partial charge in [-0.2, -0.15) is 0 Å². The van der Waals surface area contributed by atoms with E-state index in [1.54, 1.807) is 5.92 Å². The second kappa shape index (κ2) is 3.49. The summed E-state index contributed by atoms with van der Waals surface area (Å²) in [6.45, 7) is 3.52. The Bertz CT molecular complexity index is 186. The minimum atomic E-state index is 0.120. The fourth-order valence-electron chi connectivity index (χ4n) is 2.95. The molecule has 0 aromatic heterocycles. The van der Waals surface area contributed by atoms with E-state index in [1.807, 2.05) is 0 Å². The number of likely N-dealkylation sites (tertiary alicyclic amines) is 1. The van der Waals surface area contributed by atoms with Crippen LogP contribution in [0, 0.1) is 5.92 Å². The van der Waals surface area contributed by atoms with Crippen LogP contribution in [0.3, 0.4) is 0 Å². The summed E-state index contributed by atoms with van der Waals surface area (Å²) >= 11 is 0. The lowest BCUT2D eigenvalue weighted by atomic mass is 9.73. The molecule has 0 spiro atoms. The number of ether oxygens (including phenoxy) is 1. The van der Waals surface area contributed by atoms with Gasteiger partial charge in [0.2, 0.25) is 0 Å². The van der Waals surface area contributed by atoms with Gasteiger partial charge in [0.15, 0.2) is 0 Å². The number of hydrogen-bond acceptors (Lipinski definition) is 2. The average molecular weight is 194 g/mol. The molecule has 1 radical (unpaired) electrons. The molecule has 0 bridgehead atoms. The van der Waals surface area contributed by atoms with Gasteiger partial charge in [0.25, 0.3) is 0 Å². The van der Waals surface area contributed by atoms with Crippen LogP contribution in [0.1, 0.15) is 44.9 Å². The Morgan fingerprint density at radius 3 is 2.29 bits per heavy atom. The fourth-order valence-corrected chi connectivity index (χ4v) is 2.95. The largest absolute Gasteiger partial charge is 0.360 e. The topological polar surface area (TPSA) is 12.5 Å². The third-order valence-electron chi connectivity index (χ3n) is 4.13. The fraction of sp³-hybridized carbons (Fsp3) is 0.917.